The molecule has 0 radical (unpaired) electrons. The first-order valence-electron chi connectivity index (χ1n) is 9.94. The number of carbonyl (C=O) groups is 1. The Kier molecular flexibility index (Phi) is 9.69. The van der Waals surface area contributed by atoms with Crippen molar-refractivity contribution in [3.63, 3.8) is 0 Å². The van der Waals surface area contributed by atoms with E-state index < -0.39 is 47.4 Å². The molecule has 2 aromatic rings. The largest absolute Gasteiger partial charge is 0.523 e. The number of halogens is 3. The molecule has 2 aromatic carbocycles. The van der Waals surface area contributed by atoms with Crippen molar-refractivity contribution in [3.8, 4) is 5.75 Å². The average molecular weight is 524 g/mol. The lowest BCUT2D eigenvalue weighted by molar-refractivity contribution is -0.145. The van der Waals surface area contributed by atoms with E-state index in [1.165, 1.54) is 38.3 Å². The summed E-state index contributed by atoms with van der Waals surface area (Å²) in [6.07, 6.45) is -1.97. The summed E-state index contributed by atoms with van der Waals surface area (Å²) in [5, 5.41) is 0. The summed E-state index contributed by atoms with van der Waals surface area (Å²) < 4.78 is 94.2. The second-order valence-electron chi connectivity index (χ2n) is 6.93. The Bertz CT molecular complexity index is 1090. The standard InChI is InChI=1S/C21H24F3O8PS/c1-3-31-33(26,15-32-34(27,28)21(22,23)24)19(17-9-11-18(29-2)12-10-17)13-20(25)30-14-16-7-5-4-6-8-16/h4-12,19H,3,13-15H2,1-2H3. The quantitative estimate of drug-likeness (QED) is 0.165. The van der Waals surface area contributed by atoms with Crippen LogP contribution in [-0.4, -0.2) is 40.0 Å². The van der Waals surface area contributed by atoms with E-state index in [0.717, 1.165) is 0 Å². The molecule has 0 aliphatic heterocycles. The van der Waals surface area contributed by atoms with Gasteiger partial charge in [-0.2, -0.15) is 21.6 Å². The molecule has 0 fully saturated rings. The molecule has 0 aliphatic carbocycles. The predicted octanol–water partition coefficient (Wildman–Crippen LogP) is 5.01. The Morgan fingerprint density at radius 2 is 1.68 bits per heavy atom. The molecule has 2 unspecified atom stereocenters. The smallest absolute Gasteiger partial charge is 0.497 e. The second kappa shape index (κ2) is 11.8. The van der Waals surface area contributed by atoms with Crippen molar-refractivity contribution in [2.75, 3.05) is 20.1 Å². The molecule has 8 nitrogen and oxygen atoms in total. The van der Waals surface area contributed by atoms with Gasteiger partial charge in [0.2, 0.25) is 7.37 Å². The highest BCUT2D eigenvalue weighted by Gasteiger charge is 2.49. The third-order valence-corrected chi connectivity index (χ3v) is 8.38. The maximum atomic E-state index is 13.6. The van der Waals surface area contributed by atoms with Crippen LogP contribution >= 0.6 is 7.37 Å². The van der Waals surface area contributed by atoms with Gasteiger partial charge in [-0.05, 0) is 30.2 Å². The van der Waals surface area contributed by atoms with Crippen molar-refractivity contribution in [2.45, 2.75) is 31.1 Å². The molecule has 0 heterocycles. The van der Waals surface area contributed by atoms with Gasteiger partial charge in [-0.3, -0.25) is 13.5 Å². The number of hydrogen-bond donors (Lipinski definition) is 0. The topological polar surface area (TPSA) is 105 Å². The van der Waals surface area contributed by atoms with Crippen LogP contribution in [0.3, 0.4) is 0 Å². The van der Waals surface area contributed by atoms with Gasteiger partial charge in [0.05, 0.1) is 25.8 Å². The maximum absolute atomic E-state index is 13.6. The molecule has 2 atom stereocenters. The highest BCUT2D eigenvalue weighted by molar-refractivity contribution is 7.87. The number of hydrogen-bond acceptors (Lipinski definition) is 8. The molecule has 188 valence electrons. The van der Waals surface area contributed by atoms with Gasteiger partial charge in [-0.25, -0.2) is 0 Å². The predicted molar refractivity (Wildman–Crippen MR) is 117 cm³/mol. The van der Waals surface area contributed by atoms with Crippen molar-refractivity contribution in [1.82, 2.24) is 0 Å². The minimum absolute atomic E-state index is 0.0904. The number of benzene rings is 2. The first-order valence-corrected chi connectivity index (χ1v) is 13.2. The SMILES string of the molecule is CCOP(=O)(COS(=O)(=O)C(F)(F)F)C(CC(=O)OCc1ccccc1)c1ccc(OC)cc1. The molecule has 0 spiro atoms. The van der Waals surface area contributed by atoms with E-state index in [1.807, 2.05) is 0 Å². The summed E-state index contributed by atoms with van der Waals surface area (Å²) in [5.74, 6) is -0.389. The van der Waals surface area contributed by atoms with E-state index in [9.17, 15) is 30.9 Å². The number of ether oxygens (including phenoxy) is 2. The van der Waals surface area contributed by atoms with Gasteiger partial charge in [0.15, 0.2) is 0 Å². The third-order valence-electron chi connectivity index (χ3n) is 4.60. The Hall–Kier alpha value is -2.40. The Labute approximate surface area is 195 Å². The molecule has 2 rings (SSSR count). The van der Waals surface area contributed by atoms with Gasteiger partial charge in [0, 0.05) is 0 Å². The van der Waals surface area contributed by atoms with E-state index in [0.29, 0.717) is 11.3 Å². The van der Waals surface area contributed by atoms with Crippen LogP contribution in [0.15, 0.2) is 54.6 Å². The lowest BCUT2D eigenvalue weighted by Crippen LogP contribution is -2.26. The van der Waals surface area contributed by atoms with Gasteiger partial charge in [0.1, 0.15) is 18.7 Å². The zero-order chi connectivity index (χ0) is 25.4. The van der Waals surface area contributed by atoms with Crippen LogP contribution < -0.4 is 4.74 Å². The second-order valence-corrected chi connectivity index (χ2v) is 11.1. The number of rotatable bonds is 12. The van der Waals surface area contributed by atoms with Crippen LogP contribution in [0, 0.1) is 0 Å². The fourth-order valence-electron chi connectivity index (χ4n) is 2.91. The van der Waals surface area contributed by atoms with Crippen LogP contribution in [0.5, 0.6) is 5.75 Å². The fourth-order valence-corrected chi connectivity index (χ4v) is 6.11. The van der Waals surface area contributed by atoms with Crippen molar-refractivity contribution in [1.29, 1.82) is 0 Å². The van der Waals surface area contributed by atoms with Crippen LogP contribution in [-0.2, 0) is 39.5 Å². The van der Waals surface area contributed by atoms with Crippen molar-refractivity contribution < 1.29 is 49.1 Å². The molecule has 0 amide bonds. The van der Waals surface area contributed by atoms with Crippen LogP contribution in [0.25, 0.3) is 0 Å². The lowest BCUT2D eigenvalue weighted by atomic mass is 10.1. The molecule has 0 saturated carbocycles. The van der Waals surface area contributed by atoms with E-state index in [1.54, 1.807) is 30.3 Å². The number of carbonyl (C=O) groups excluding carboxylic acids is 1. The average Bonchev–Trinajstić information content (AvgIpc) is 2.80. The number of alkyl halides is 3. The number of esters is 1. The summed E-state index contributed by atoms with van der Waals surface area (Å²) in [4.78, 5) is 12.6. The summed E-state index contributed by atoms with van der Waals surface area (Å²) in [6, 6.07) is 14.6. The summed E-state index contributed by atoms with van der Waals surface area (Å²) in [6.45, 7) is 1.09. The van der Waals surface area contributed by atoms with Crippen molar-refractivity contribution >= 4 is 23.5 Å². The molecular weight excluding hydrogens is 500 g/mol. The van der Waals surface area contributed by atoms with Gasteiger partial charge < -0.3 is 14.0 Å². The summed E-state index contributed by atoms with van der Waals surface area (Å²) in [7, 11) is -8.96. The Morgan fingerprint density at radius 1 is 1.06 bits per heavy atom. The molecule has 34 heavy (non-hydrogen) atoms. The molecule has 0 aliphatic rings. The first kappa shape index (κ1) is 27.8. The molecule has 0 N–H and O–H groups in total. The van der Waals surface area contributed by atoms with Crippen LogP contribution in [0.4, 0.5) is 13.2 Å². The molecule has 0 bridgehead atoms. The normalized spacial score (nSPS) is 14.7. The lowest BCUT2D eigenvalue weighted by Gasteiger charge is -2.27. The van der Waals surface area contributed by atoms with Crippen molar-refractivity contribution in [3.05, 3.63) is 65.7 Å². The van der Waals surface area contributed by atoms with Gasteiger partial charge in [-0.1, -0.05) is 42.5 Å². The van der Waals surface area contributed by atoms with Crippen LogP contribution in [0.2, 0.25) is 0 Å². The number of methoxy groups -OCH3 is 1. The first-order chi connectivity index (χ1) is 15.9. The fraction of sp³-hybridized carbons (Fsp3) is 0.381. The highest BCUT2D eigenvalue weighted by atomic mass is 32.2. The van der Waals surface area contributed by atoms with E-state index in [4.69, 9.17) is 14.0 Å². The monoisotopic (exact) mass is 524 g/mol. The van der Waals surface area contributed by atoms with E-state index in [-0.39, 0.29) is 18.8 Å². The highest BCUT2D eigenvalue weighted by Crippen LogP contribution is 2.62. The summed E-state index contributed by atoms with van der Waals surface area (Å²) >= 11 is 0. The molecule has 13 heteroatoms. The van der Waals surface area contributed by atoms with Gasteiger partial charge in [0.25, 0.3) is 0 Å². The molecule has 0 aromatic heterocycles. The Morgan fingerprint density at radius 3 is 2.21 bits per heavy atom. The third kappa shape index (κ3) is 7.56. The summed E-state index contributed by atoms with van der Waals surface area (Å²) in [5.41, 5.74) is -6.13. The van der Waals surface area contributed by atoms with E-state index in [2.05, 4.69) is 4.18 Å². The van der Waals surface area contributed by atoms with Crippen LogP contribution in [0.1, 0.15) is 30.1 Å². The minimum Gasteiger partial charge on any atom is -0.497 e. The van der Waals surface area contributed by atoms with E-state index >= 15 is 0 Å². The zero-order valence-corrected chi connectivity index (χ0v) is 20.1. The van der Waals surface area contributed by atoms with Gasteiger partial charge >= 0.3 is 21.6 Å². The molecular formula is C21H24F3O8PS. The Balaban J connectivity index is 2.33. The van der Waals surface area contributed by atoms with Gasteiger partial charge in [-0.15, -0.1) is 0 Å². The molecule has 0 saturated heterocycles. The maximum Gasteiger partial charge on any atom is 0.523 e. The minimum atomic E-state index is -6.04. The van der Waals surface area contributed by atoms with Crippen molar-refractivity contribution in [2.24, 2.45) is 0 Å². The zero-order valence-electron chi connectivity index (χ0n) is 18.4.